The van der Waals surface area contributed by atoms with Gasteiger partial charge in [0.1, 0.15) is 12.4 Å². The Morgan fingerprint density at radius 3 is 2.46 bits per heavy atom. The zero-order valence-corrected chi connectivity index (χ0v) is 15.8. The number of nitrogens with one attached hydrogen (secondary N) is 1. The molecule has 0 radical (unpaired) electrons. The van der Waals surface area contributed by atoms with Crippen molar-refractivity contribution in [2.24, 2.45) is 13.0 Å². The number of anilines is 1. The Hall–Kier alpha value is -1.89. The monoisotopic (exact) mass is 338 g/mol. The van der Waals surface area contributed by atoms with E-state index in [9.17, 15) is 9.59 Å². The second-order valence-corrected chi connectivity index (χ2v) is 7.44. The molecule has 24 heavy (non-hydrogen) atoms. The molecule has 0 aromatic carbocycles. The largest absolute Gasteiger partial charge is 0.375 e. The van der Waals surface area contributed by atoms with Gasteiger partial charge in [-0.3, -0.25) is 14.3 Å². The lowest BCUT2D eigenvalue weighted by Crippen LogP contribution is -2.42. The van der Waals surface area contributed by atoms with E-state index in [0.29, 0.717) is 12.4 Å². The molecule has 1 rings (SSSR count). The number of methoxy groups -OCH3 is 1. The molecule has 1 N–H and O–H groups in total. The SMILES string of the molecule is COCC(=O)N(CC(=O)Nc1cc(C(C)(C)C)nn1C)CC(C)C. The molecule has 0 fully saturated rings. The zero-order chi connectivity index (χ0) is 18.5. The van der Waals surface area contributed by atoms with Crippen LogP contribution in [0.4, 0.5) is 5.82 Å². The lowest BCUT2D eigenvalue weighted by Gasteiger charge is -2.23. The van der Waals surface area contributed by atoms with Gasteiger partial charge in [-0.25, -0.2) is 0 Å². The number of carbonyl (C=O) groups excluding carboxylic acids is 2. The number of hydrogen-bond donors (Lipinski definition) is 1. The van der Waals surface area contributed by atoms with Crippen LogP contribution in [0, 0.1) is 5.92 Å². The fourth-order valence-corrected chi connectivity index (χ4v) is 2.22. The van der Waals surface area contributed by atoms with E-state index in [1.54, 1.807) is 11.7 Å². The molecular weight excluding hydrogens is 308 g/mol. The maximum absolute atomic E-state index is 12.3. The minimum absolute atomic E-state index is 0.00357. The molecule has 0 aliphatic carbocycles. The quantitative estimate of drug-likeness (QED) is 0.822. The Morgan fingerprint density at radius 2 is 2.00 bits per heavy atom. The van der Waals surface area contributed by atoms with Crippen LogP contribution in [0.1, 0.15) is 40.3 Å². The molecule has 0 unspecified atom stereocenters. The first-order valence-corrected chi connectivity index (χ1v) is 8.15. The summed E-state index contributed by atoms with van der Waals surface area (Å²) >= 11 is 0. The minimum Gasteiger partial charge on any atom is -0.375 e. The van der Waals surface area contributed by atoms with Crippen LogP contribution in [0.25, 0.3) is 0 Å². The Bertz CT molecular complexity index is 573. The summed E-state index contributed by atoms with van der Waals surface area (Å²) in [6.07, 6.45) is 0. The third-order valence-electron chi connectivity index (χ3n) is 3.46. The number of hydrogen-bond acceptors (Lipinski definition) is 4. The number of nitrogens with zero attached hydrogens (tertiary/aromatic N) is 3. The van der Waals surface area contributed by atoms with E-state index in [1.165, 1.54) is 12.0 Å². The van der Waals surface area contributed by atoms with E-state index in [0.717, 1.165) is 5.69 Å². The van der Waals surface area contributed by atoms with Crippen molar-refractivity contribution in [3.05, 3.63) is 11.8 Å². The molecule has 2 amide bonds. The predicted octanol–water partition coefficient (Wildman–Crippen LogP) is 1.79. The van der Waals surface area contributed by atoms with Crippen LogP contribution in [-0.2, 0) is 26.8 Å². The van der Waals surface area contributed by atoms with Crippen molar-refractivity contribution in [1.82, 2.24) is 14.7 Å². The molecule has 1 aromatic heterocycles. The lowest BCUT2D eigenvalue weighted by atomic mass is 9.92. The first-order chi connectivity index (χ1) is 11.0. The van der Waals surface area contributed by atoms with Crippen molar-refractivity contribution >= 4 is 17.6 Å². The summed E-state index contributed by atoms with van der Waals surface area (Å²) in [5, 5.41) is 7.26. The first-order valence-electron chi connectivity index (χ1n) is 8.15. The smallest absolute Gasteiger partial charge is 0.249 e. The van der Waals surface area contributed by atoms with Crippen molar-refractivity contribution in [1.29, 1.82) is 0 Å². The first kappa shape index (κ1) is 20.2. The molecule has 0 aliphatic heterocycles. The lowest BCUT2D eigenvalue weighted by molar-refractivity contribution is -0.138. The van der Waals surface area contributed by atoms with Crippen molar-refractivity contribution < 1.29 is 14.3 Å². The van der Waals surface area contributed by atoms with Crippen LogP contribution in [-0.4, -0.2) is 53.3 Å². The maximum Gasteiger partial charge on any atom is 0.249 e. The summed E-state index contributed by atoms with van der Waals surface area (Å²) < 4.78 is 6.53. The van der Waals surface area contributed by atoms with Gasteiger partial charge in [-0.1, -0.05) is 34.6 Å². The van der Waals surface area contributed by atoms with E-state index < -0.39 is 0 Å². The zero-order valence-electron chi connectivity index (χ0n) is 15.8. The fourth-order valence-electron chi connectivity index (χ4n) is 2.22. The summed E-state index contributed by atoms with van der Waals surface area (Å²) in [6, 6.07) is 1.86. The highest BCUT2D eigenvalue weighted by molar-refractivity contribution is 5.94. The van der Waals surface area contributed by atoms with E-state index >= 15 is 0 Å². The highest BCUT2D eigenvalue weighted by Crippen LogP contribution is 2.23. The molecule has 0 saturated carbocycles. The average Bonchev–Trinajstić information content (AvgIpc) is 2.79. The van der Waals surface area contributed by atoms with Crippen molar-refractivity contribution in [3.63, 3.8) is 0 Å². The van der Waals surface area contributed by atoms with Gasteiger partial charge >= 0.3 is 0 Å². The molecule has 7 nitrogen and oxygen atoms in total. The number of carbonyl (C=O) groups is 2. The van der Waals surface area contributed by atoms with Crippen LogP contribution in [0.2, 0.25) is 0 Å². The molecule has 0 bridgehead atoms. The van der Waals surface area contributed by atoms with Crippen LogP contribution < -0.4 is 5.32 Å². The van der Waals surface area contributed by atoms with Gasteiger partial charge in [0.2, 0.25) is 11.8 Å². The third kappa shape index (κ3) is 5.96. The summed E-state index contributed by atoms with van der Waals surface area (Å²) in [6.45, 7) is 10.7. The average molecular weight is 338 g/mol. The Labute approximate surface area is 144 Å². The second-order valence-electron chi connectivity index (χ2n) is 7.44. The Morgan fingerprint density at radius 1 is 1.38 bits per heavy atom. The van der Waals surface area contributed by atoms with Crippen molar-refractivity contribution in [2.75, 3.05) is 32.1 Å². The summed E-state index contributed by atoms with van der Waals surface area (Å²) in [5.74, 6) is 0.446. The van der Waals surface area contributed by atoms with Crippen LogP contribution >= 0.6 is 0 Å². The summed E-state index contributed by atoms with van der Waals surface area (Å²) in [7, 11) is 3.25. The Balaban J connectivity index is 2.79. The van der Waals surface area contributed by atoms with E-state index in [1.807, 2.05) is 19.9 Å². The van der Waals surface area contributed by atoms with Gasteiger partial charge in [-0.2, -0.15) is 5.10 Å². The Kier molecular flexibility index (Phi) is 6.95. The number of rotatable bonds is 7. The van der Waals surface area contributed by atoms with Gasteiger partial charge in [0.25, 0.3) is 0 Å². The number of amides is 2. The van der Waals surface area contributed by atoms with E-state index in [-0.39, 0.29) is 36.3 Å². The van der Waals surface area contributed by atoms with Crippen LogP contribution in [0.5, 0.6) is 0 Å². The number of ether oxygens (including phenoxy) is 1. The number of aryl methyl sites for hydroxylation is 1. The standard InChI is InChI=1S/C17H30N4O3/c1-12(2)9-21(16(23)11-24-7)10-15(22)18-14-8-13(17(3,4)5)19-20(14)6/h8,12H,9-11H2,1-7H3,(H,18,22). The summed E-state index contributed by atoms with van der Waals surface area (Å²) in [4.78, 5) is 25.9. The van der Waals surface area contributed by atoms with E-state index in [2.05, 4.69) is 31.2 Å². The van der Waals surface area contributed by atoms with Gasteiger partial charge in [0.15, 0.2) is 0 Å². The van der Waals surface area contributed by atoms with Gasteiger partial charge in [-0.05, 0) is 5.92 Å². The topological polar surface area (TPSA) is 76.5 Å². The molecule has 136 valence electrons. The minimum atomic E-state index is -0.247. The highest BCUT2D eigenvalue weighted by Gasteiger charge is 2.21. The maximum atomic E-state index is 12.3. The van der Waals surface area contributed by atoms with Gasteiger partial charge in [-0.15, -0.1) is 0 Å². The molecule has 7 heteroatoms. The van der Waals surface area contributed by atoms with Crippen molar-refractivity contribution in [2.45, 2.75) is 40.0 Å². The number of aromatic nitrogens is 2. The van der Waals surface area contributed by atoms with Crippen molar-refractivity contribution in [3.8, 4) is 0 Å². The molecule has 1 aromatic rings. The van der Waals surface area contributed by atoms with Gasteiger partial charge < -0.3 is 15.0 Å². The molecule has 0 saturated heterocycles. The van der Waals surface area contributed by atoms with Gasteiger partial charge in [0, 0.05) is 32.2 Å². The summed E-state index contributed by atoms with van der Waals surface area (Å²) in [5.41, 5.74) is 0.800. The highest BCUT2D eigenvalue weighted by atomic mass is 16.5. The van der Waals surface area contributed by atoms with Crippen LogP contribution in [0.15, 0.2) is 6.07 Å². The molecule has 0 spiro atoms. The fraction of sp³-hybridized carbons (Fsp3) is 0.706. The molecule has 1 heterocycles. The molecule has 0 atom stereocenters. The third-order valence-corrected chi connectivity index (χ3v) is 3.46. The van der Waals surface area contributed by atoms with Gasteiger partial charge in [0.05, 0.1) is 12.2 Å². The molecular formula is C17H30N4O3. The second kappa shape index (κ2) is 8.28. The predicted molar refractivity (Wildman–Crippen MR) is 93.8 cm³/mol. The van der Waals surface area contributed by atoms with E-state index in [4.69, 9.17) is 4.74 Å². The molecule has 0 aliphatic rings. The van der Waals surface area contributed by atoms with Crippen LogP contribution in [0.3, 0.4) is 0 Å². The normalized spacial score (nSPS) is 11.7.